The molecule has 0 saturated heterocycles. The standard InChI is InChI=1S/C11H27O3PSi/c1-6-8-10-13-15(12,16(3,4)5)14-11-9-7-2/h6-11H2,1-5H3. The van der Waals surface area contributed by atoms with Crippen molar-refractivity contribution >= 4 is 14.9 Å². The van der Waals surface area contributed by atoms with E-state index in [0.29, 0.717) is 13.2 Å². The normalized spacial score (nSPS) is 13.1. The predicted octanol–water partition coefficient (Wildman–Crippen LogP) is 4.65. The predicted molar refractivity (Wildman–Crippen MR) is 72.7 cm³/mol. The zero-order valence-electron chi connectivity index (χ0n) is 11.4. The van der Waals surface area contributed by atoms with Crippen LogP contribution < -0.4 is 0 Å². The lowest BCUT2D eigenvalue weighted by Crippen LogP contribution is -2.24. The second kappa shape index (κ2) is 7.65. The minimum atomic E-state index is -2.82. The van der Waals surface area contributed by atoms with E-state index in [1.54, 1.807) is 0 Å². The molecule has 3 nitrogen and oxygen atoms in total. The molecule has 0 aliphatic rings. The Balaban J connectivity index is 4.33. The third-order valence-corrected chi connectivity index (χ3v) is 10.7. The molecule has 0 bridgehead atoms. The van der Waals surface area contributed by atoms with Crippen molar-refractivity contribution in [1.29, 1.82) is 0 Å². The molecule has 0 N–H and O–H groups in total. The summed E-state index contributed by atoms with van der Waals surface area (Å²) in [4.78, 5) is 0. The van der Waals surface area contributed by atoms with E-state index in [1.165, 1.54) is 0 Å². The topological polar surface area (TPSA) is 35.5 Å². The average molecular weight is 266 g/mol. The van der Waals surface area contributed by atoms with Crippen LogP contribution in [0.4, 0.5) is 0 Å². The average Bonchev–Trinajstić information content (AvgIpc) is 2.17. The molecular formula is C11H27O3PSi. The van der Waals surface area contributed by atoms with E-state index in [-0.39, 0.29) is 0 Å². The summed E-state index contributed by atoms with van der Waals surface area (Å²) in [6.07, 6.45) is 4.01. The molecule has 0 aromatic carbocycles. The van der Waals surface area contributed by atoms with Crippen LogP contribution in [0.15, 0.2) is 0 Å². The van der Waals surface area contributed by atoms with Gasteiger partial charge >= 0.3 is 0 Å². The molecule has 0 amide bonds. The third-order valence-electron chi connectivity index (χ3n) is 2.34. The Labute approximate surface area is 101 Å². The first kappa shape index (κ1) is 16.4. The van der Waals surface area contributed by atoms with Gasteiger partial charge in [0.15, 0.2) is 7.74 Å². The van der Waals surface area contributed by atoms with Crippen molar-refractivity contribution in [3.05, 3.63) is 0 Å². The molecular weight excluding hydrogens is 239 g/mol. The first-order valence-corrected chi connectivity index (χ1v) is 12.1. The molecule has 0 spiro atoms. The van der Waals surface area contributed by atoms with E-state index in [9.17, 15) is 4.57 Å². The largest absolute Gasteiger partial charge is 0.313 e. The zero-order valence-corrected chi connectivity index (χ0v) is 13.3. The van der Waals surface area contributed by atoms with Crippen molar-refractivity contribution in [3.63, 3.8) is 0 Å². The van der Waals surface area contributed by atoms with Crippen molar-refractivity contribution in [2.45, 2.75) is 59.2 Å². The van der Waals surface area contributed by atoms with Crippen LogP contribution in [0.5, 0.6) is 0 Å². The summed E-state index contributed by atoms with van der Waals surface area (Å²) in [5.41, 5.74) is 0. The van der Waals surface area contributed by atoms with Gasteiger partial charge in [0, 0.05) is 0 Å². The molecule has 0 unspecified atom stereocenters. The Morgan fingerprint density at radius 3 is 1.56 bits per heavy atom. The second-order valence-electron chi connectivity index (χ2n) is 5.04. The minimum absolute atomic E-state index is 0.560. The van der Waals surface area contributed by atoms with Crippen LogP contribution in [0, 0.1) is 0 Å². The summed E-state index contributed by atoms with van der Waals surface area (Å²) in [6, 6.07) is 0. The van der Waals surface area contributed by atoms with Crippen molar-refractivity contribution in [3.8, 4) is 0 Å². The van der Waals surface area contributed by atoms with Gasteiger partial charge in [-0.2, -0.15) is 0 Å². The van der Waals surface area contributed by atoms with Crippen LogP contribution >= 0.6 is 7.14 Å². The van der Waals surface area contributed by atoms with Crippen molar-refractivity contribution < 1.29 is 13.6 Å². The fourth-order valence-corrected chi connectivity index (χ4v) is 5.54. The summed E-state index contributed by atoms with van der Waals surface area (Å²) in [5, 5.41) is 0. The molecule has 0 radical (unpaired) electrons. The summed E-state index contributed by atoms with van der Waals surface area (Å²) in [7, 11) is -4.72. The van der Waals surface area contributed by atoms with E-state index in [2.05, 4.69) is 13.8 Å². The van der Waals surface area contributed by atoms with Crippen LogP contribution in [0.1, 0.15) is 39.5 Å². The summed E-state index contributed by atoms with van der Waals surface area (Å²) in [6.45, 7) is 11.5. The van der Waals surface area contributed by atoms with Crippen molar-refractivity contribution in [2.24, 2.45) is 0 Å². The van der Waals surface area contributed by atoms with E-state index in [0.717, 1.165) is 25.7 Å². The highest BCUT2D eigenvalue weighted by Crippen LogP contribution is 2.57. The second-order valence-corrected chi connectivity index (χ2v) is 16.6. The van der Waals surface area contributed by atoms with Gasteiger partial charge in [-0.05, 0) is 12.8 Å². The maximum Gasteiger partial charge on any atom is 0.296 e. The van der Waals surface area contributed by atoms with Gasteiger partial charge < -0.3 is 9.05 Å². The molecule has 0 heterocycles. The van der Waals surface area contributed by atoms with E-state index in [4.69, 9.17) is 9.05 Å². The first-order valence-electron chi connectivity index (χ1n) is 6.26. The zero-order chi connectivity index (χ0) is 12.7. The smallest absolute Gasteiger partial charge is 0.296 e. The summed E-state index contributed by atoms with van der Waals surface area (Å²) < 4.78 is 23.8. The number of hydrogen-bond acceptors (Lipinski definition) is 3. The van der Waals surface area contributed by atoms with Gasteiger partial charge in [0.2, 0.25) is 0 Å². The van der Waals surface area contributed by atoms with Gasteiger partial charge in [-0.1, -0.05) is 46.3 Å². The Morgan fingerprint density at radius 2 is 1.31 bits per heavy atom. The lowest BCUT2D eigenvalue weighted by Gasteiger charge is -2.28. The Kier molecular flexibility index (Phi) is 7.82. The fourth-order valence-electron chi connectivity index (χ4n) is 1.08. The van der Waals surface area contributed by atoms with Crippen molar-refractivity contribution in [2.75, 3.05) is 13.2 Å². The molecule has 0 aliphatic carbocycles. The van der Waals surface area contributed by atoms with Gasteiger partial charge in [0.25, 0.3) is 7.14 Å². The SMILES string of the molecule is CCCCOP(=O)(OCCCC)[Si](C)(C)C. The van der Waals surface area contributed by atoms with Crippen LogP contribution in [0.3, 0.4) is 0 Å². The molecule has 98 valence electrons. The highest BCUT2D eigenvalue weighted by Gasteiger charge is 2.41. The molecule has 0 aromatic heterocycles. The fraction of sp³-hybridized carbons (Fsp3) is 1.00. The maximum atomic E-state index is 12.6. The molecule has 16 heavy (non-hydrogen) atoms. The highest BCUT2D eigenvalue weighted by molar-refractivity contribution is 7.92. The molecule has 0 atom stereocenters. The lowest BCUT2D eigenvalue weighted by molar-refractivity contribution is 0.211. The van der Waals surface area contributed by atoms with Crippen LogP contribution in [0.2, 0.25) is 19.6 Å². The number of rotatable bonds is 9. The number of hydrogen-bond donors (Lipinski definition) is 0. The monoisotopic (exact) mass is 266 g/mol. The maximum absolute atomic E-state index is 12.6. The Bertz CT molecular complexity index is 212. The lowest BCUT2D eigenvalue weighted by atomic mass is 10.4. The Morgan fingerprint density at radius 1 is 0.938 bits per heavy atom. The first-order chi connectivity index (χ1) is 7.37. The van der Waals surface area contributed by atoms with Gasteiger partial charge in [-0.3, -0.25) is 4.57 Å². The molecule has 0 aromatic rings. The molecule has 0 saturated carbocycles. The third kappa shape index (κ3) is 5.62. The summed E-state index contributed by atoms with van der Waals surface area (Å²) in [5.74, 6) is 0. The van der Waals surface area contributed by atoms with Gasteiger partial charge in [0.05, 0.1) is 13.2 Å². The quantitative estimate of drug-likeness (QED) is 0.346. The number of unbranched alkanes of at least 4 members (excludes halogenated alkanes) is 2. The molecule has 0 aliphatic heterocycles. The van der Waals surface area contributed by atoms with Gasteiger partial charge in [-0.15, -0.1) is 0 Å². The molecule has 0 fully saturated rings. The van der Waals surface area contributed by atoms with E-state index >= 15 is 0 Å². The molecule has 5 heteroatoms. The van der Waals surface area contributed by atoms with Crippen LogP contribution in [0.25, 0.3) is 0 Å². The van der Waals surface area contributed by atoms with Crippen molar-refractivity contribution in [1.82, 2.24) is 0 Å². The van der Waals surface area contributed by atoms with E-state index in [1.807, 2.05) is 19.6 Å². The van der Waals surface area contributed by atoms with Crippen LogP contribution in [-0.2, 0) is 13.6 Å². The molecule has 0 rings (SSSR count). The summed E-state index contributed by atoms with van der Waals surface area (Å²) >= 11 is 0. The van der Waals surface area contributed by atoms with Gasteiger partial charge in [0.1, 0.15) is 0 Å². The van der Waals surface area contributed by atoms with E-state index < -0.39 is 14.9 Å². The minimum Gasteiger partial charge on any atom is -0.313 e. The Hall–Kier alpha value is 0.367. The highest BCUT2D eigenvalue weighted by atomic mass is 31.4. The van der Waals surface area contributed by atoms with Gasteiger partial charge in [-0.25, -0.2) is 0 Å². The van der Waals surface area contributed by atoms with Crippen LogP contribution in [-0.4, -0.2) is 21.0 Å².